The van der Waals surface area contributed by atoms with Gasteiger partial charge in [-0.2, -0.15) is 0 Å². The predicted octanol–water partition coefficient (Wildman–Crippen LogP) is -0.626. The van der Waals surface area contributed by atoms with E-state index in [9.17, 15) is 0 Å². The van der Waals surface area contributed by atoms with Gasteiger partial charge in [-0.05, 0) is 17.7 Å². The first-order valence-corrected chi connectivity index (χ1v) is 3.75. The van der Waals surface area contributed by atoms with Crippen LogP contribution in [0.3, 0.4) is 0 Å². The van der Waals surface area contributed by atoms with Gasteiger partial charge in [0.15, 0.2) is 0 Å². The van der Waals surface area contributed by atoms with Crippen molar-refractivity contribution in [1.29, 1.82) is 0 Å². The van der Waals surface area contributed by atoms with Crippen molar-refractivity contribution in [2.45, 2.75) is 12.5 Å². The van der Waals surface area contributed by atoms with Gasteiger partial charge in [-0.25, -0.2) is 0 Å². The second-order valence-corrected chi connectivity index (χ2v) is 2.75. The van der Waals surface area contributed by atoms with E-state index in [1.54, 1.807) is 6.20 Å². The van der Waals surface area contributed by atoms with Gasteiger partial charge >= 0.3 is 0 Å². The first-order chi connectivity index (χ1) is 5.36. The fourth-order valence-electron chi connectivity index (χ4n) is 1.29. The molecule has 1 heterocycles. The summed E-state index contributed by atoms with van der Waals surface area (Å²) in [5.41, 5.74) is 5.73. The van der Waals surface area contributed by atoms with E-state index in [0.29, 0.717) is 0 Å². The van der Waals surface area contributed by atoms with E-state index in [-0.39, 0.29) is 6.04 Å². The molecule has 1 aromatic heterocycles. The summed E-state index contributed by atoms with van der Waals surface area (Å²) in [6.07, 6.45) is 6.85. The van der Waals surface area contributed by atoms with Crippen molar-refractivity contribution in [1.82, 2.24) is 4.98 Å². The van der Waals surface area contributed by atoms with Crippen LogP contribution in [0.4, 0.5) is 0 Å². The standard InChI is InChI=1S/C9H10N2/c10-8-3-4-9-7(6-8)2-1-5-11-9/h1-2,4-6,8H,3,10H2. The molecule has 2 heteroatoms. The molecule has 56 valence electrons. The summed E-state index contributed by atoms with van der Waals surface area (Å²) in [5.74, 6) is 0. The van der Waals surface area contributed by atoms with Crippen LogP contribution in [-0.2, 0) is 0 Å². The number of fused-ring (bicyclic) bond motifs is 1. The lowest BCUT2D eigenvalue weighted by Gasteiger charge is -2.05. The normalized spacial score (nSPS) is 21.4. The zero-order valence-corrected chi connectivity index (χ0v) is 6.20. The van der Waals surface area contributed by atoms with Crippen molar-refractivity contribution < 1.29 is 0 Å². The Morgan fingerprint density at radius 1 is 1.55 bits per heavy atom. The van der Waals surface area contributed by atoms with Crippen LogP contribution in [0.25, 0.3) is 12.2 Å². The van der Waals surface area contributed by atoms with Crippen LogP contribution >= 0.6 is 0 Å². The number of rotatable bonds is 0. The third kappa shape index (κ3) is 1.17. The van der Waals surface area contributed by atoms with Crippen molar-refractivity contribution in [3.8, 4) is 0 Å². The fourth-order valence-corrected chi connectivity index (χ4v) is 1.29. The molecular formula is C9H10N2. The van der Waals surface area contributed by atoms with E-state index in [4.69, 9.17) is 5.73 Å². The molecule has 0 bridgehead atoms. The molecule has 0 spiro atoms. The molecule has 11 heavy (non-hydrogen) atoms. The highest BCUT2D eigenvalue weighted by Crippen LogP contribution is 1.92. The van der Waals surface area contributed by atoms with E-state index >= 15 is 0 Å². The lowest BCUT2D eigenvalue weighted by atomic mass is 10.1. The number of hydrogen-bond acceptors (Lipinski definition) is 2. The Labute approximate surface area is 65.1 Å². The third-order valence-electron chi connectivity index (χ3n) is 1.85. The molecule has 1 aliphatic rings. The van der Waals surface area contributed by atoms with E-state index in [1.165, 1.54) is 0 Å². The van der Waals surface area contributed by atoms with Crippen molar-refractivity contribution >= 4 is 12.2 Å². The average molecular weight is 146 g/mol. The molecule has 1 atom stereocenters. The van der Waals surface area contributed by atoms with Crippen molar-refractivity contribution in [3.05, 3.63) is 28.9 Å². The number of nitrogens with zero attached hydrogens (tertiary/aromatic N) is 1. The Kier molecular flexibility index (Phi) is 1.47. The van der Waals surface area contributed by atoms with Crippen LogP contribution in [0, 0.1) is 0 Å². The second kappa shape index (κ2) is 2.47. The Morgan fingerprint density at radius 3 is 3.36 bits per heavy atom. The zero-order chi connectivity index (χ0) is 7.68. The topological polar surface area (TPSA) is 38.9 Å². The molecule has 0 saturated heterocycles. The van der Waals surface area contributed by atoms with Gasteiger partial charge in [0.2, 0.25) is 0 Å². The Hall–Kier alpha value is -1.15. The molecule has 0 fully saturated rings. The highest BCUT2D eigenvalue weighted by molar-refractivity contribution is 5.40. The van der Waals surface area contributed by atoms with E-state index in [1.807, 2.05) is 12.1 Å². The minimum Gasteiger partial charge on any atom is -0.324 e. The summed E-state index contributed by atoms with van der Waals surface area (Å²) < 4.78 is 0. The summed E-state index contributed by atoms with van der Waals surface area (Å²) in [7, 11) is 0. The second-order valence-electron chi connectivity index (χ2n) is 2.75. The summed E-state index contributed by atoms with van der Waals surface area (Å²) in [6.45, 7) is 0. The highest BCUT2D eigenvalue weighted by atomic mass is 14.7. The summed E-state index contributed by atoms with van der Waals surface area (Å²) in [5, 5.41) is 2.22. The monoisotopic (exact) mass is 146 g/mol. The molecule has 0 amide bonds. The molecule has 0 aromatic carbocycles. The predicted molar refractivity (Wildman–Crippen MR) is 45.0 cm³/mol. The van der Waals surface area contributed by atoms with Crippen LogP contribution < -0.4 is 16.3 Å². The van der Waals surface area contributed by atoms with Gasteiger partial charge in [-0.15, -0.1) is 0 Å². The first-order valence-electron chi connectivity index (χ1n) is 3.75. The van der Waals surface area contributed by atoms with Gasteiger partial charge in [0.1, 0.15) is 0 Å². The maximum absolute atomic E-state index is 5.73. The maximum Gasteiger partial charge on any atom is 0.0660 e. The molecular weight excluding hydrogens is 136 g/mol. The quantitative estimate of drug-likeness (QED) is 0.529. The fraction of sp³-hybridized carbons (Fsp3) is 0.222. The van der Waals surface area contributed by atoms with Crippen molar-refractivity contribution in [2.75, 3.05) is 0 Å². The molecule has 1 unspecified atom stereocenters. The lowest BCUT2D eigenvalue weighted by molar-refractivity contribution is 0.880. The lowest BCUT2D eigenvalue weighted by Crippen LogP contribution is -2.35. The summed E-state index contributed by atoms with van der Waals surface area (Å²) in [6, 6.07) is 4.14. The Balaban J connectivity index is 2.73. The summed E-state index contributed by atoms with van der Waals surface area (Å²) in [4.78, 5) is 4.21. The van der Waals surface area contributed by atoms with E-state index < -0.39 is 0 Å². The molecule has 0 aliphatic heterocycles. The summed E-state index contributed by atoms with van der Waals surface area (Å²) >= 11 is 0. The van der Waals surface area contributed by atoms with Crippen LogP contribution in [0.2, 0.25) is 0 Å². The molecule has 2 nitrogen and oxygen atoms in total. The van der Waals surface area contributed by atoms with E-state index in [2.05, 4.69) is 17.1 Å². The molecule has 0 radical (unpaired) electrons. The van der Waals surface area contributed by atoms with Crippen LogP contribution in [0.1, 0.15) is 6.42 Å². The zero-order valence-electron chi connectivity index (χ0n) is 6.20. The van der Waals surface area contributed by atoms with Crippen LogP contribution in [-0.4, -0.2) is 11.0 Å². The molecule has 1 aliphatic carbocycles. The van der Waals surface area contributed by atoms with Crippen LogP contribution in [0.5, 0.6) is 0 Å². The third-order valence-corrected chi connectivity index (χ3v) is 1.85. The number of nitrogens with two attached hydrogens (primary N) is 1. The van der Waals surface area contributed by atoms with Crippen LogP contribution in [0.15, 0.2) is 18.3 Å². The van der Waals surface area contributed by atoms with Gasteiger partial charge in [-0.1, -0.05) is 18.2 Å². The van der Waals surface area contributed by atoms with Gasteiger partial charge in [0.05, 0.1) is 5.35 Å². The Morgan fingerprint density at radius 2 is 2.45 bits per heavy atom. The average Bonchev–Trinajstić information content (AvgIpc) is 2.04. The van der Waals surface area contributed by atoms with Crippen molar-refractivity contribution in [2.24, 2.45) is 5.73 Å². The minimum atomic E-state index is 0.173. The molecule has 1 aromatic rings. The highest BCUT2D eigenvalue weighted by Gasteiger charge is 1.99. The maximum atomic E-state index is 5.73. The number of hydrogen-bond donors (Lipinski definition) is 1. The van der Waals surface area contributed by atoms with E-state index in [0.717, 1.165) is 17.0 Å². The smallest absolute Gasteiger partial charge is 0.0660 e. The first kappa shape index (κ1) is 6.55. The van der Waals surface area contributed by atoms with Crippen molar-refractivity contribution in [3.63, 3.8) is 0 Å². The number of aromatic nitrogens is 1. The number of pyridine rings is 1. The molecule has 0 saturated carbocycles. The molecule has 2 N–H and O–H groups in total. The van der Waals surface area contributed by atoms with Gasteiger partial charge in [0, 0.05) is 12.2 Å². The van der Waals surface area contributed by atoms with Gasteiger partial charge in [-0.3, -0.25) is 4.98 Å². The van der Waals surface area contributed by atoms with Gasteiger partial charge in [0.25, 0.3) is 0 Å². The largest absolute Gasteiger partial charge is 0.324 e. The molecule has 2 rings (SSSR count). The van der Waals surface area contributed by atoms with Gasteiger partial charge < -0.3 is 5.73 Å². The Bertz CT molecular complexity index is 367. The minimum absolute atomic E-state index is 0.173. The SMILES string of the molecule is NC1C=c2cccnc2=CC1.